The van der Waals surface area contributed by atoms with Gasteiger partial charge in [0.15, 0.2) is 4.33 Å². The first kappa shape index (κ1) is 12.5. The van der Waals surface area contributed by atoms with Crippen molar-refractivity contribution < 1.29 is 0 Å². The fourth-order valence-corrected chi connectivity index (χ4v) is 2.56. The molecule has 0 radical (unpaired) electrons. The summed E-state index contributed by atoms with van der Waals surface area (Å²) < 4.78 is -0.978. The number of benzene rings is 2. The Morgan fingerprint density at radius 3 is 2.12 bits per heavy atom. The maximum Gasteiger partial charge on any atom is 0.168 e. The van der Waals surface area contributed by atoms with Crippen molar-refractivity contribution in [3.05, 3.63) is 71.3 Å². The zero-order valence-electron chi connectivity index (χ0n) is 9.66. The molecule has 0 saturated carbocycles. The molecule has 0 fully saturated rings. The van der Waals surface area contributed by atoms with E-state index in [9.17, 15) is 0 Å². The van der Waals surface area contributed by atoms with Crippen LogP contribution in [0, 0.1) is 0 Å². The number of hydrogen-bond donors (Lipinski definition) is 0. The van der Waals surface area contributed by atoms with E-state index in [1.807, 2.05) is 48.5 Å². The van der Waals surface area contributed by atoms with E-state index in [2.05, 4.69) is 13.0 Å². The molecule has 0 amide bonds. The number of halogens is 2. The quantitative estimate of drug-likeness (QED) is 0.690. The zero-order valence-corrected chi connectivity index (χ0v) is 11.2. The standard InChI is InChI=1S/C15H14Cl2/c1-2-12-8-6-7-11-14(12)15(16,17)13-9-4-3-5-10-13/h3-11H,2H2,1H3. The van der Waals surface area contributed by atoms with Gasteiger partial charge >= 0.3 is 0 Å². The van der Waals surface area contributed by atoms with Gasteiger partial charge in [-0.25, -0.2) is 0 Å². The zero-order chi connectivity index (χ0) is 12.3. The highest BCUT2D eigenvalue weighted by Crippen LogP contribution is 2.42. The Balaban J connectivity index is 2.51. The Morgan fingerprint density at radius 2 is 1.47 bits per heavy atom. The van der Waals surface area contributed by atoms with Gasteiger partial charge in [0, 0.05) is 0 Å². The van der Waals surface area contributed by atoms with Crippen LogP contribution in [0.25, 0.3) is 0 Å². The van der Waals surface area contributed by atoms with Crippen LogP contribution in [0.4, 0.5) is 0 Å². The van der Waals surface area contributed by atoms with E-state index >= 15 is 0 Å². The van der Waals surface area contributed by atoms with Crippen molar-refractivity contribution in [2.45, 2.75) is 17.7 Å². The van der Waals surface area contributed by atoms with Crippen LogP contribution in [0.3, 0.4) is 0 Å². The van der Waals surface area contributed by atoms with Gasteiger partial charge in [-0.05, 0) is 23.1 Å². The third kappa shape index (κ3) is 2.48. The highest BCUT2D eigenvalue weighted by Gasteiger charge is 2.30. The van der Waals surface area contributed by atoms with Crippen molar-refractivity contribution in [3.8, 4) is 0 Å². The maximum absolute atomic E-state index is 6.54. The van der Waals surface area contributed by atoms with Crippen molar-refractivity contribution in [1.29, 1.82) is 0 Å². The molecule has 2 heteroatoms. The second-order valence-corrected chi connectivity index (χ2v) is 5.28. The molecule has 0 aliphatic rings. The van der Waals surface area contributed by atoms with E-state index in [0.717, 1.165) is 17.5 Å². The SMILES string of the molecule is CCc1ccccc1C(Cl)(Cl)c1ccccc1. The molecule has 2 aromatic rings. The van der Waals surface area contributed by atoms with Gasteiger partial charge in [0.2, 0.25) is 0 Å². The van der Waals surface area contributed by atoms with Crippen LogP contribution in [-0.4, -0.2) is 0 Å². The number of hydrogen-bond acceptors (Lipinski definition) is 0. The molecule has 0 aliphatic heterocycles. The third-order valence-electron chi connectivity index (χ3n) is 2.87. The van der Waals surface area contributed by atoms with Crippen LogP contribution in [0.2, 0.25) is 0 Å². The van der Waals surface area contributed by atoms with Crippen molar-refractivity contribution in [2.75, 3.05) is 0 Å². The van der Waals surface area contributed by atoms with Gasteiger partial charge in [0.1, 0.15) is 0 Å². The maximum atomic E-state index is 6.54. The highest BCUT2D eigenvalue weighted by molar-refractivity contribution is 6.50. The van der Waals surface area contributed by atoms with Crippen LogP contribution >= 0.6 is 23.2 Å². The molecule has 0 heterocycles. The van der Waals surface area contributed by atoms with Crippen molar-refractivity contribution >= 4 is 23.2 Å². The van der Waals surface area contributed by atoms with Crippen LogP contribution in [-0.2, 0) is 10.8 Å². The topological polar surface area (TPSA) is 0 Å². The van der Waals surface area contributed by atoms with E-state index in [4.69, 9.17) is 23.2 Å². The van der Waals surface area contributed by atoms with E-state index in [0.29, 0.717) is 0 Å². The Kier molecular flexibility index (Phi) is 3.76. The van der Waals surface area contributed by atoms with Gasteiger partial charge in [-0.2, -0.15) is 0 Å². The lowest BCUT2D eigenvalue weighted by molar-refractivity contribution is 0.979. The van der Waals surface area contributed by atoms with Gasteiger partial charge in [-0.3, -0.25) is 0 Å². The summed E-state index contributed by atoms with van der Waals surface area (Å²) >= 11 is 13.1. The minimum absolute atomic E-state index is 0.907. The number of alkyl halides is 2. The Bertz CT molecular complexity index is 489. The minimum atomic E-state index is -0.978. The highest BCUT2D eigenvalue weighted by atomic mass is 35.5. The molecule has 2 rings (SSSR count). The molecule has 0 saturated heterocycles. The molecule has 0 nitrogen and oxygen atoms in total. The first-order valence-corrected chi connectivity index (χ1v) is 6.43. The predicted octanol–water partition coefficient (Wildman–Crippen LogP) is 4.93. The average molecular weight is 265 g/mol. The Hall–Kier alpha value is -0.980. The molecule has 0 spiro atoms. The van der Waals surface area contributed by atoms with Gasteiger partial charge in [0.25, 0.3) is 0 Å². The first-order valence-electron chi connectivity index (χ1n) is 5.68. The molecule has 17 heavy (non-hydrogen) atoms. The van der Waals surface area contributed by atoms with Crippen LogP contribution in [0.1, 0.15) is 23.6 Å². The van der Waals surface area contributed by atoms with E-state index in [1.165, 1.54) is 5.56 Å². The summed E-state index contributed by atoms with van der Waals surface area (Å²) in [5, 5.41) is 0. The smallest absolute Gasteiger partial charge is 0.0909 e. The summed E-state index contributed by atoms with van der Waals surface area (Å²) in [4.78, 5) is 0. The monoisotopic (exact) mass is 264 g/mol. The van der Waals surface area contributed by atoms with Crippen molar-refractivity contribution in [2.24, 2.45) is 0 Å². The van der Waals surface area contributed by atoms with Gasteiger partial charge < -0.3 is 0 Å². The fraction of sp³-hybridized carbons (Fsp3) is 0.200. The number of rotatable bonds is 3. The predicted molar refractivity (Wildman–Crippen MR) is 74.7 cm³/mol. The molecule has 88 valence electrons. The molecule has 0 atom stereocenters. The fourth-order valence-electron chi connectivity index (χ4n) is 1.94. The summed E-state index contributed by atoms with van der Waals surface area (Å²) in [5.41, 5.74) is 3.06. The lowest BCUT2D eigenvalue weighted by atomic mass is 9.97. The van der Waals surface area contributed by atoms with Gasteiger partial charge in [-0.1, -0.05) is 84.7 Å². The summed E-state index contributed by atoms with van der Waals surface area (Å²) in [6.45, 7) is 2.10. The number of aryl methyl sites for hydroxylation is 1. The average Bonchev–Trinajstić information content (AvgIpc) is 2.39. The summed E-state index contributed by atoms with van der Waals surface area (Å²) in [6.07, 6.45) is 0.921. The third-order valence-corrected chi connectivity index (χ3v) is 3.72. The molecule has 0 aromatic heterocycles. The summed E-state index contributed by atoms with van der Waals surface area (Å²) in [7, 11) is 0. The van der Waals surface area contributed by atoms with Crippen LogP contribution < -0.4 is 0 Å². The molecule has 0 aliphatic carbocycles. The summed E-state index contributed by atoms with van der Waals surface area (Å²) in [6, 6.07) is 17.8. The molecule has 0 unspecified atom stereocenters. The normalized spacial score (nSPS) is 11.5. The molecule has 0 bridgehead atoms. The van der Waals surface area contributed by atoms with Crippen molar-refractivity contribution in [1.82, 2.24) is 0 Å². The second kappa shape index (κ2) is 5.12. The van der Waals surface area contributed by atoms with Crippen molar-refractivity contribution in [3.63, 3.8) is 0 Å². The largest absolute Gasteiger partial charge is 0.168 e. The van der Waals surface area contributed by atoms with Crippen LogP contribution in [0.5, 0.6) is 0 Å². The second-order valence-electron chi connectivity index (χ2n) is 3.95. The lowest BCUT2D eigenvalue weighted by Crippen LogP contribution is -2.14. The molecule has 0 N–H and O–H groups in total. The van der Waals surface area contributed by atoms with E-state index in [1.54, 1.807) is 0 Å². The minimum Gasteiger partial charge on any atom is -0.0909 e. The van der Waals surface area contributed by atoms with E-state index in [-0.39, 0.29) is 0 Å². The lowest BCUT2D eigenvalue weighted by Gasteiger charge is -2.23. The summed E-state index contributed by atoms with van der Waals surface area (Å²) in [5.74, 6) is 0. The molecular weight excluding hydrogens is 251 g/mol. The van der Waals surface area contributed by atoms with Gasteiger partial charge in [0.05, 0.1) is 0 Å². The molecule has 2 aromatic carbocycles. The van der Waals surface area contributed by atoms with E-state index < -0.39 is 4.33 Å². The molecular formula is C15H14Cl2. The first-order chi connectivity index (χ1) is 8.16. The Labute approximate surface area is 112 Å². The van der Waals surface area contributed by atoms with Gasteiger partial charge in [-0.15, -0.1) is 0 Å². The Morgan fingerprint density at radius 1 is 0.882 bits per heavy atom. The van der Waals surface area contributed by atoms with Crippen LogP contribution in [0.15, 0.2) is 54.6 Å².